The quantitative estimate of drug-likeness (QED) is 0.326. The molecule has 5 rings (SSSR count). The molecule has 0 radical (unpaired) electrons. The first-order chi connectivity index (χ1) is 18.0. The van der Waals surface area contributed by atoms with Gasteiger partial charge in [0.15, 0.2) is 0 Å². The molecule has 1 amide bonds. The summed E-state index contributed by atoms with van der Waals surface area (Å²) in [5.74, 6) is 0.643. The molecule has 1 unspecified atom stereocenters. The monoisotopic (exact) mass is 513 g/mol. The van der Waals surface area contributed by atoms with Crippen molar-refractivity contribution in [3.63, 3.8) is 0 Å². The van der Waals surface area contributed by atoms with Crippen LogP contribution >= 0.6 is 11.6 Å². The van der Waals surface area contributed by atoms with Crippen LogP contribution in [0.25, 0.3) is 10.9 Å². The molecule has 2 heterocycles. The summed E-state index contributed by atoms with van der Waals surface area (Å²) in [4.78, 5) is 29.5. The molecule has 0 saturated heterocycles. The number of hydrazone groups is 1. The molecule has 4 aromatic rings. The SMILES string of the molecule is CCC(=O)N1N=C(c2c(CCc3ccccc3)c3cc(Cl)ccc3[nH]c2=O)CC1c1ccc(OC)cc1. The molecular weight excluding hydrogens is 486 g/mol. The van der Waals surface area contributed by atoms with Crippen molar-refractivity contribution in [3.05, 3.63) is 110 Å². The number of halogens is 1. The summed E-state index contributed by atoms with van der Waals surface area (Å²) < 4.78 is 5.30. The maximum Gasteiger partial charge on any atom is 0.257 e. The van der Waals surface area contributed by atoms with Gasteiger partial charge in [0, 0.05) is 28.8 Å². The Labute approximate surface area is 220 Å². The minimum atomic E-state index is -0.301. The minimum Gasteiger partial charge on any atom is -0.497 e. The van der Waals surface area contributed by atoms with Crippen LogP contribution in [0.2, 0.25) is 5.02 Å². The maximum atomic E-state index is 13.5. The zero-order valence-electron chi connectivity index (χ0n) is 20.8. The largest absolute Gasteiger partial charge is 0.497 e. The van der Waals surface area contributed by atoms with Crippen LogP contribution in [0.3, 0.4) is 0 Å². The van der Waals surface area contributed by atoms with Crippen molar-refractivity contribution in [2.24, 2.45) is 5.10 Å². The van der Waals surface area contributed by atoms with Gasteiger partial charge in [0.05, 0.1) is 24.4 Å². The van der Waals surface area contributed by atoms with Crippen molar-refractivity contribution in [1.29, 1.82) is 0 Å². The number of amides is 1. The molecule has 1 aliphatic rings. The zero-order chi connectivity index (χ0) is 25.9. The molecule has 37 heavy (non-hydrogen) atoms. The Bertz CT molecular complexity index is 1530. The first kappa shape index (κ1) is 24.8. The summed E-state index contributed by atoms with van der Waals surface area (Å²) in [6.07, 6.45) is 2.14. The van der Waals surface area contributed by atoms with Crippen LogP contribution in [-0.4, -0.2) is 28.7 Å². The van der Waals surface area contributed by atoms with Gasteiger partial charge in [0.1, 0.15) is 5.75 Å². The number of hydrogen-bond acceptors (Lipinski definition) is 4. The van der Waals surface area contributed by atoms with Crippen molar-refractivity contribution in [1.82, 2.24) is 9.99 Å². The van der Waals surface area contributed by atoms with E-state index in [0.717, 1.165) is 34.2 Å². The molecule has 3 aromatic carbocycles. The molecule has 1 N–H and O–H groups in total. The van der Waals surface area contributed by atoms with Crippen LogP contribution < -0.4 is 10.3 Å². The van der Waals surface area contributed by atoms with E-state index in [0.29, 0.717) is 35.6 Å². The van der Waals surface area contributed by atoms with Gasteiger partial charge in [-0.3, -0.25) is 9.59 Å². The van der Waals surface area contributed by atoms with Crippen LogP contribution in [0.1, 0.15) is 48.1 Å². The molecule has 0 fully saturated rings. The number of aryl methyl sites for hydroxylation is 2. The molecule has 1 aliphatic heterocycles. The lowest BCUT2D eigenvalue weighted by Gasteiger charge is -2.21. The average molecular weight is 514 g/mol. The highest BCUT2D eigenvalue weighted by Gasteiger charge is 2.34. The highest BCUT2D eigenvalue weighted by Crippen LogP contribution is 2.35. The summed E-state index contributed by atoms with van der Waals surface area (Å²) >= 11 is 6.39. The molecule has 7 heteroatoms. The van der Waals surface area contributed by atoms with Crippen LogP contribution in [0.5, 0.6) is 5.75 Å². The molecule has 6 nitrogen and oxygen atoms in total. The highest BCUT2D eigenvalue weighted by molar-refractivity contribution is 6.31. The number of nitrogens with one attached hydrogen (secondary N) is 1. The number of aromatic amines is 1. The lowest BCUT2D eigenvalue weighted by Crippen LogP contribution is -2.26. The Balaban J connectivity index is 1.61. The highest BCUT2D eigenvalue weighted by atomic mass is 35.5. The Morgan fingerprint density at radius 2 is 1.84 bits per heavy atom. The predicted molar refractivity (Wildman–Crippen MR) is 147 cm³/mol. The van der Waals surface area contributed by atoms with E-state index in [9.17, 15) is 9.59 Å². The number of ether oxygens (including phenoxy) is 1. The normalized spacial score (nSPS) is 15.2. The molecule has 0 bridgehead atoms. The molecule has 1 atom stereocenters. The minimum absolute atomic E-state index is 0.0954. The van der Waals surface area contributed by atoms with Gasteiger partial charge in [-0.1, -0.05) is 61.0 Å². The fraction of sp³-hybridized carbons (Fsp3) is 0.233. The second-order valence-corrected chi connectivity index (χ2v) is 9.55. The third-order valence-electron chi connectivity index (χ3n) is 6.85. The second kappa shape index (κ2) is 10.6. The fourth-order valence-corrected chi connectivity index (χ4v) is 5.12. The van der Waals surface area contributed by atoms with Gasteiger partial charge in [0.2, 0.25) is 5.91 Å². The summed E-state index contributed by atoms with van der Waals surface area (Å²) in [6.45, 7) is 1.82. The summed E-state index contributed by atoms with van der Waals surface area (Å²) in [5, 5.41) is 7.77. The van der Waals surface area contributed by atoms with E-state index in [1.54, 1.807) is 13.2 Å². The fourth-order valence-electron chi connectivity index (χ4n) is 4.95. The van der Waals surface area contributed by atoms with Crippen LogP contribution in [0.15, 0.2) is 82.7 Å². The zero-order valence-corrected chi connectivity index (χ0v) is 21.6. The third kappa shape index (κ3) is 5.02. The lowest BCUT2D eigenvalue weighted by molar-refractivity contribution is -0.132. The summed E-state index contributed by atoms with van der Waals surface area (Å²) in [5.41, 5.74) is 4.65. The van der Waals surface area contributed by atoms with Crippen molar-refractivity contribution in [2.75, 3.05) is 7.11 Å². The number of fused-ring (bicyclic) bond motifs is 1. The lowest BCUT2D eigenvalue weighted by atomic mass is 9.91. The number of hydrogen-bond donors (Lipinski definition) is 1. The van der Waals surface area contributed by atoms with Crippen LogP contribution in [0, 0.1) is 0 Å². The Kier molecular flexibility index (Phi) is 7.10. The Hall–Kier alpha value is -3.90. The summed E-state index contributed by atoms with van der Waals surface area (Å²) in [6, 6.07) is 23.0. The maximum absolute atomic E-state index is 13.5. The van der Waals surface area contributed by atoms with Crippen LogP contribution in [0.4, 0.5) is 0 Å². The van der Waals surface area contributed by atoms with E-state index in [1.807, 2.05) is 61.5 Å². The van der Waals surface area contributed by atoms with Crippen molar-refractivity contribution < 1.29 is 9.53 Å². The van der Waals surface area contributed by atoms with E-state index >= 15 is 0 Å². The molecule has 1 aromatic heterocycles. The van der Waals surface area contributed by atoms with E-state index in [4.69, 9.17) is 21.4 Å². The number of carbonyl (C=O) groups excluding carboxylic acids is 1. The first-order valence-corrected chi connectivity index (χ1v) is 12.8. The van der Waals surface area contributed by atoms with E-state index in [-0.39, 0.29) is 17.5 Å². The Morgan fingerprint density at radius 1 is 1.08 bits per heavy atom. The molecule has 0 aliphatic carbocycles. The van der Waals surface area contributed by atoms with Gasteiger partial charge in [-0.25, -0.2) is 5.01 Å². The molecule has 188 valence electrons. The van der Waals surface area contributed by atoms with E-state index in [1.165, 1.54) is 10.6 Å². The summed E-state index contributed by atoms with van der Waals surface area (Å²) in [7, 11) is 1.62. The van der Waals surface area contributed by atoms with Gasteiger partial charge in [0.25, 0.3) is 5.56 Å². The number of pyridine rings is 1. The molecule has 0 spiro atoms. The molecule has 0 saturated carbocycles. The van der Waals surface area contributed by atoms with E-state index < -0.39 is 0 Å². The number of nitrogens with zero attached hydrogens (tertiary/aromatic N) is 2. The number of benzene rings is 3. The van der Waals surface area contributed by atoms with Gasteiger partial charge < -0.3 is 9.72 Å². The smallest absolute Gasteiger partial charge is 0.257 e. The Morgan fingerprint density at radius 3 is 2.54 bits per heavy atom. The van der Waals surface area contributed by atoms with Crippen molar-refractivity contribution in [3.8, 4) is 5.75 Å². The number of aromatic nitrogens is 1. The number of H-pyrrole nitrogens is 1. The van der Waals surface area contributed by atoms with Gasteiger partial charge in [-0.15, -0.1) is 0 Å². The number of methoxy groups -OCH3 is 1. The van der Waals surface area contributed by atoms with E-state index in [2.05, 4.69) is 17.1 Å². The van der Waals surface area contributed by atoms with Crippen molar-refractivity contribution >= 4 is 34.1 Å². The molecular formula is C30H28ClN3O3. The number of carbonyl (C=O) groups is 1. The predicted octanol–water partition coefficient (Wildman–Crippen LogP) is 6.06. The topological polar surface area (TPSA) is 74.8 Å². The number of rotatable bonds is 7. The van der Waals surface area contributed by atoms with Gasteiger partial charge >= 0.3 is 0 Å². The van der Waals surface area contributed by atoms with Gasteiger partial charge in [-0.05, 0) is 59.9 Å². The standard InChI is InChI=1S/C30H28ClN3O3/c1-3-28(35)34-27(20-10-13-22(37-2)14-11-20)18-26(33-34)29-23(15-9-19-7-5-4-6-8-19)24-17-21(31)12-16-25(24)32-30(29)36/h4-8,10-14,16-17,27H,3,9,15,18H2,1-2H3,(H,32,36). The second-order valence-electron chi connectivity index (χ2n) is 9.11. The average Bonchev–Trinajstić information content (AvgIpc) is 3.37. The third-order valence-corrected chi connectivity index (χ3v) is 7.08. The van der Waals surface area contributed by atoms with Crippen molar-refractivity contribution in [2.45, 2.75) is 38.6 Å². The first-order valence-electron chi connectivity index (χ1n) is 12.4. The van der Waals surface area contributed by atoms with Crippen LogP contribution in [-0.2, 0) is 17.6 Å². The van der Waals surface area contributed by atoms with Gasteiger partial charge in [-0.2, -0.15) is 5.10 Å².